The van der Waals surface area contributed by atoms with Crippen molar-refractivity contribution < 1.29 is 14.6 Å². The smallest absolute Gasteiger partial charge is 0.253 e. The average molecular weight is 323 g/mol. The van der Waals surface area contributed by atoms with Gasteiger partial charge in [0.25, 0.3) is 5.91 Å². The van der Waals surface area contributed by atoms with Crippen LogP contribution in [0.5, 0.6) is 5.75 Å². The van der Waals surface area contributed by atoms with Crippen molar-refractivity contribution in [2.75, 3.05) is 19.8 Å². The van der Waals surface area contributed by atoms with Crippen LogP contribution in [0, 0.1) is 0 Å². The first-order chi connectivity index (χ1) is 11.8. The van der Waals surface area contributed by atoms with Gasteiger partial charge in [0.05, 0.1) is 23.2 Å². The molecular weight excluding hydrogens is 306 g/mol. The van der Waals surface area contributed by atoms with Crippen molar-refractivity contribution in [1.29, 1.82) is 0 Å². The molecule has 0 aliphatic carbocycles. The van der Waals surface area contributed by atoms with Crippen molar-refractivity contribution in [3.8, 4) is 17.1 Å². The zero-order valence-electron chi connectivity index (χ0n) is 13.0. The number of para-hydroxylation sites is 1. The Hall–Kier alpha value is -2.86. The lowest BCUT2D eigenvalue weighted by Crippen LogP contribution is -2.24. The summed E-state index contributed by atoms with van der Waals surface area (Å²) in [5, 5.41) is 11.7. The molecule has 0 radical (unpaired) electrons. The van der Waals surface area contributed by atoms with Crippen LogP contribution >= 0.6 is 0 Å². The maximum absolute atomic E-state index is 12.2. The fraction of sp³-hybridized carbons (Fsp3) is 0.222. The summed E-state index contributed by atoms with van der Waals surface area (Å²) < 4.78 is 7.48. The lowest BCUT2D eigenvalue weighted by molar-refractivity contribution is 0.0956. The molecule has 0 spiro atoms. The van der Waals surface area contributed by atoms with E-state index >= 15 is 0 Å². The molecule has 3 aromatic rings. The number of nitrogens with zero attached hydrogens (tertiary/aromatic N) is 2. The third kappa shape index (κ3) is 2.41. The number of aromatic nitrogens is 2. The van der Waals surface area contributed by atoms with Crippen molar-refractivity contribution >= 4 is 16.9 Å². The Morgan fingerprint density at radius 2 is 2.04 bits per heavy atom. The molecule has 0 saturated carbocycles. The van der Waals surface area contributed by atoms with Gasteiger partial charge < -0.3 is 19.7 Å². The van der Waals surface area contributed by atoms with Gasteiger partial charge in [-0.25, -0.2) is 4.98 Å². The van der Waals surface area contributed by atoms with E-state index in [-0.39, 0.29) is 19.1 Å². The van der Waals surface area contributed by atoms with E-state index in [0.717, 1.165) is 22.4 Å². The molecule has 122 valence electrons. The summed E-state index contributed by atoms with van der Waals surface area (Å²) in [6.45, 7) is 1.51. The van der Waals surface area contributed by atoms with Crippen LogP contribution in [-0.4, -0.2) is 40.3 Å². The first-order valence-corrected chi connectivity index (χ1v) is 7.89. The number of benzene rings is 2. The number of hydrogen-bond donors (Lipinski definition) is 2. The van der Waals surface area contributed by atoms with Crippen molar-refractivity contribution in [2.45, 2.75) is 6.54 Å². The highest BCUT2D eigenvalue weighted by atomic mass is 16.5. The molecule has 1 aliphatic heterocycles. The zero-order valence-corrected chi connectivity index (χ0v) is 13.0. The summed E-state index contributed by atoms with van der Waals surface area (Å²) in [5.41, 5.74) is 3.32. The fourth-order valence-corrected chi connectivity index (χ4v) is 3.05. The second-order valence-electron chi connectivity index (χ2n) is 5.61. The molecule has 6 heteroatoms. The second-order valence-corrected chi connectivity index (χ2v) is 5.61. The molecule has 0 bridgehead atoms. The number of carbonyl (C=O) groups is 1. The molecule has 2 N–H and O–H groups in total. The third-order valence-corrected chi connectivity index (χ3v) is 4.10. The molecule has 0 saturated heterocycles. The van der Waals surface area contributed by atoms with Crippen LogP contribution in [-0.2, 0) is 6.54 Å². The molecule has 1 amide bonds. The summed E-state index contributed by atoms with van der Waals surface area (Å²) >= 11 is 0. The Kier molecular flexibility index (Phi) is 3.66. The predicted octanol–water partition coefficient (Wildman–Crippen LogP) is 1.82. The number of imidazole rings is 1. The summed E-state index contributed by atoms with van der Waals surface area (Å²) in [4.78, 5) is 16.9. The van der Waals surface area contributed by atoms with Crippen molar-refractivity contribution in [3.63, 3.8) is 0 Å². The van der Waals surface area contributed by atoms with Gasteiger partial charge in [0.2, 0.25) is 0 Å². The van der Waals surface area contributed by atoms with Gasteiger partial charge >= 0.3 is 0 Å². The summed E-state index contributed by atoms with van der Waals surface area (Å²) in [6.07, 6.45) is 0. The van der Waals surface area contributed by atoms with Gasteiger partial charge in [-0.05, 0) is 36.4 Å². The van der Waals surface area contributed by atoms with Gasteiger partial charge in [-0.3, -0.25) is 4.79 Å². The van der Waals surface area contributed by atoms with Gasteiger partial charge in [0.1, 0.15) is 18.2 Å². The van der Waals surface area contributed by atoms with Crippen molar-refractivity contribution in [3.05, 3.63) is 48.0 Å². The standard InChI is InChI=1S/C18H17N3O3/c22-10-11-24-13-6-4-12(5-7-13)17-20-15-3-1-2-14-16(15)21(17)9-8-19-18(14)23/h1-7,22H,8-11H2,(H,19,23). The van der Waals surface area contributed by atoms with Crippen LogP contribution < -0.4 is 10.1 Å². The summed E-state index contributed by atoms with van der Waals surface area (Å²) in [7, 11) is 0. The number of aliphatic hydroxyl groups is 1. The molecule has 1 aliphatic rings. The second kappa shape index (κ2) is 5.98. The Bertz CT molecular complexity index is 900. The maximum Gasteiger partial charge on any atom is 0.253 e. The Balaban J connectivity index is 1.81. The van der Waals surface area contributed by atoms with E-state index in [1.54, 1.807) is 0 Å². The van der Waals surface area contributed by atoms with Gasteiger partial charge in [-0.15, -0.1) is 0 Å². The molecule has 1 aromatic heterocycles. The molecule has 2 heterocycles. The van der Waals surface area contributed by atoms with E-state index < -0.39 is 0 Å². The Morgan fingerprint density at radius 3 is 2.83 bits per heavy atom. The fourth-order valence-electron chi connectivity index (χ4n) is 3.05. The van der Waals surface area contributed by atoms with Gasteiger partial charge in [0.15, 0.2) is 0 Å². The van der Waals surface area contributed by atoms with Gasteiger partial charge in [-0.1, -0.05) is 6.07 Å². The lowest BCUT2D eigenvalue weighted by atomic mass is 10.1. The van der Waals surface area contributed by atoms with E-state index in [2.05, 4.69) is 9.88 Å². The number of aliphatic hydroxyl groups excluding tert-OH is 1. The highest BCUT2D eigenvalue weighted by molar-refractivity contribution is 6.06. The van der Waals surface area contributed by atoms with Crippen LogP contribution in [0.1, 0.15) is 10.4 Å². The van der Waals surface area contributed by atoms with Crippen molar-refractivity contribution in [1.82, 2.24) is 14.9 Å². The molecule has 0 unspecified atom stereocenters. The van der Waals surface area contributed by atoms with E-state index in [9.17, 15) is 4.79 Å². The minimum Gasteiger partial charge on any atom is -0.491 e. The molecule has 6 nitrogen and oxygen atoms in total. The Labute approximate surface area is 138 Å². The highest BCUT2D eigenvalue weighted by Crippen LogP contribution is 2.29. The average Bonchev–Trinajstić information content (AvgIpc) is 2.90. The predicted molar refractivity (Wildman–Crippen MR) is 90.1 cm³/mol. The van der Waals surface area contributed by atoms with Crippen LogP contribution in [0.4, 0.5) is 0 Å². The maximum atomic E-state index is 12.2. The normalized spacial score (nSPS) is 13.6. The monoisotopic (exact) mass is 323 g/mol. The molecular formula is C18H17N3O3. The van der Waals surface area contributed by atoms with Crippen LogP contribution in [0.3, 0.4) is 0 Å². The van der Waals surface area contributed by atoms with E-state index in [0.29, 0.717) is 24.4 Å². The quantitative estimate of drug-likeness (QED) is 0.768. The van der Waals surface area contributed by atoms with Crippen LogP contribution in [0.2, 0.25) is 0 Å². The number of amides is 1. The first kappa shape index (κ1) is 14.7. The van der Waals surface area contributed by atoms with E-state index in [1.807, 2.05) is 42.5 Å². The van der Waals surface area contributed by atoms with Crippen LogP contribution in [0.25, 0.3) is 22.4 Å². The highest BCUT2D eigenvalue weighted by Gasteiger charge is 2.21. The molecule has 0 atom stereocenters. The van der Waals surface area contributed by atoms with Crippen molar-refractivity contribution in [2.24, 2.45) is 0 Å². The molecule has 0 fully saturated rings. The van der Waals surface area contributed by atoms with Crippen LogP contribution in [0.15, 0.2) is 42.5 Å². The van der Waals surface area contributed by atoms with E-state index in [1.165, 1.54) is 0 Å². The molecule has 4 rings (SSSR count). The molecule has 24 heavy (non-hydrogen) atoms. The van der Waals surface area contributed by atoms with E-state index in [4.69, 9.17) is 14.8 Å². The van der Waals surface area contributed by atoms with Gasteiger partial charge in [-0.2, -0.15) is 0 Å². The SMILES string of the molecule is O=C1NCCn2c(-c3ccc(OCCO)cc3)nc3cccc1c32. The number of ether oxygens (including phenoxy) is 1. The minimum atomic E-state index is -0.0569. The first-order valence-electron chi connectivity index (χ1n) is 7.89. The minimum absolute atomic E-state index is 0.0125. The lowest BCUT2D eigenvalue weighted by Gasteiger charge is -2.08. The molecule has 2 aromatic carbocycles. The number of hydrogen-bond acceptors (Lipinski definition) is 4. The summed E-state index contributed by atoms with van der Waals surface area (Å²) in [5.74, 6) is 1.48. The third-order valence-electron chi connectivity index (χ3n) is 4.10. The number of nitrogens with one attached hydrogen (secondary N) is 1. The number of carbonyl (C=O) groups excluding carboxylic acids is 1. The summed E-state index contributed by atoms with van der Waals surface area (Å²) in [6, 6.07) is 13.2. The Morgan fingerprint density at radius 1 is 1.21 bits per heavy atom. The van der Waals surface area contributed by atoms with Gasteiger partial charge in [0, 0.05) is 18.7 Å². The topological polar surface area (TPSA) is 76.4 Å². The largest absolute Gasteiger partial charge is 0.491 e. The zero-order chi connectivity index (χ0) is 16.5. The number of rotatable bonds is 4.